The summed E-state index contributed by atoms with van der Waals surface area (Å²) >= 11 is 0. The molecule has 0 unspecified atom stereocenters. The van der Waals surface area contributed by atoms with E-state index in [1.165, 1.54) is 0 Å². The Morgan fingerprint density at radius 1 is 1.13 bits per heavy atom. The van der Waals surface area contributed by atoms with Gasteiger partial charge in [0.15, 0.2) is 0 Å². The number of anilines is 1. The number of fused-ring (bicyclic) bond motifs is 1. The average molecular weight is 420 g/mol. The molecule has 0 saturated carbocycles. The molecule has 0 fully saturated rings. The number of urea groups is 1. The molecule has 1 aliphatic rings. The van der Waals surface area contributed by atoms with Crippen molar-refractivity contribution in [2.24, 2.45) is 0 Å². The van der Waals surface area contributed by atoms with E-state index in [0.717, 1.165) is 17.0 Å². The first-order valence-corrected chi connectivity index (χ1v) is 9.99. The largest absolute Gasteiger partial charge is 0.497 e. The number of nitrogens with zero attached hydrogens (tertiary/aromatic N) is 2. The van der Waals surface area contributed by atoms with Crippen LogP contribution in [0.5, 0.6) is 11.5 Å². The number of benzene rings is 2. The molecule has 1 aromatic heterocycles. The number of carbonyl (C=O) groups excluding carboxylic acids is 1. The highest BCUT2D eigenvalue weighted by molar-refractivity contribution is 5.89. The number of aromatic amines is 1. The SMILES string of the molecule is COc1cccc(Cc2nc3c(c(=O)[nH]2)CN(C(=O)Nc2cccc(OC)c2)CC3)c1. The fourth-order valence-electron chi connectivity index (χ4n) is 3.61. The molecular weight excluding hydrogens is 396 g/mol. The van der Waals surface area contributed by atoms with Crippen molar-refractivity contribution in [3.05, 3.63) is 81.5 Å². The fraction of sp³-hybridized carbons (Fsp3) is 0.261. The van der Waals surface area contributed by atoms with E-state index in [-0.39, 0.29) is 18.1 Å². The highest BCUT2D eigenvalue weighted by atomic mass is 16.5. The molecule has 2 aromatic carbocycles. The Morgan fingerprint density at radius 3 is 2.65 bits per heavy atom. The molecule has 2 N–H and O–H groups in total. The van der Waals surface area contributed by atoms with Gasteiger partial charge in [0.2, 0.25) is 0 Å². The van der Waals surface area contributed by atoms with Crippen molar-refractivity contribution in [3.63, 3.8) is 0 Å². The van der Waals surface area contributed by atoms with Gasteiger partial charge in [0.25, 0.3) is 5.56 Å². The zero-order valence-electron chi connectivity index (χ0n) is 17.5. The topological polar surface area (TPSA) is 96.5 Å². The van der Waals surface area contributed by atoms with Crippen LogP contribution in [-0.2, 0) is 19.4 Å². The van der Waals surface area contributed by atoms with Crippen LogP contribution >= 0.6 is 0 Å². The summed E-state index contributed by atoms with van der Waals surface area (Å²) in [5.41, 5.74) is 2.70. The number of nitrogens with one attached hydrogen (secondary N) is 2. The predicted octanol–water partition coefficient (Wildman–Crippen LogP) is 2.97. The van der Waals surface area contributed by atoms with E-state index in [9.17, 15) is 9.59 Å². The van der Waals surface area contributed by atoms with Crippen molar-refractivity contribution in [1.82, 2.24) is 14.9 Å². The Kier molecular flexibility index (Phi) is 5.88. The van der Waals surface area contributed by atoms with Gasteiger partial charge in [-0.05, 0) is 29.8 Å². The molecule has 2 heterocycles. The zero-order valence-corrected chi connectivity index (χ0v) is 17.5. The minimum Gasteiger partial charge on any atom is -0.497 e. The summed E-state index contributed by atoms with van der Waals surface area (Å²) in [5.74, 6) is 2.02. The second-order valence-electron chi connectivity index (χ2n) is 7.30. The van der Waals surface area contributed by atoms with E-state index in [1.54, 1.807) is 43.4 Å². The molecule has 0 atom stereocenters. The first-order chi connectivity index (χ1) is 15.1. The standard InChI is InChI=1S/C23H24N4O4/c1-30-17-7-3-5-15(11-17)12-21-25-20-9-10-27(14-19(20)22(28)26-21)23(29)24-16-6-4-8-18(13-16)31-2/h3-8,11,13H,9-10,12,14H2,1-2H3,(H,24,29)(H,25,26,28). The summed E-state index contributed by atoms with van der Waals surface area (Å²) in [6.07, 6.45) is 1.02. The molecule has 3 aromatic rings. The van der Waals surface area contributed by atoms with Crippen LogP contribution in [0, 0.1) is 0 Å². The van der Waals surface area contributed by atoms with Crippen molar-refractivity contribution in [3.8, 4) is 11.5 Å². The number of ether oxygens (including phenoxy) is 2. The maximum Gasteiger partial charge on any atom is 0.322 e. The van der Waals surface area contributed by atoms with Gasteiger partial charge >= 0.3 is 6.03 Å². The second kappa shape index (κ2) is 8.91. The molecule has 8 nitrogen and oxygen atoms in total. The number of aromatic nitrogens is 2. The third-order valence-corrected chi connectivity index (χ3v) is 5.23. The van der Waals surface area contributed by atoms with E-state index in [1.807, 2.05) is 24.3 Å². The minimum absolute atomic E-state index is 0.207. The van der Waals surface area contributed by atoms with E-state index in [0.29, 0.717) is 42.2 Å². The lowest BCUT2D eigenvalue weighted by Crippen LogP contribution is -2.42. The molecule has 0 bridgehead atoms. The number of rotatable bonds is 5. The van der Waals surface area contributed by atoms with Crippen LogP contribution in [0.25, 0.3) is 0 Å². The molecule has 4 rings (SSSR count). The molecule has 2 amide bonds. The van der Waals surface area contributed by atoms with Crippen LogP contribution < -0.4 is 20.3 Å². The van der Waals surface area contributed by atoms with Crippen LogP contribution in [-0.4, -0.2) is 41.7 Å². The number of carbonyl (C=O) groups is 1. The van der Waals surface area contributed by atoms with Gasteiger partial charge in [-0.15, -0.1) is 0 Å². The van der Waals surface area contributed by atoms with Gasteiger partial charge in [0, 0.05) is 31.1 Å². The summed E-state index contributed by atoms with van der Waals surface area (Å²) in [6, 6.07) is 14.5. The lowest BCUT2D eigenvalue weighted by Gasteiger charge is -2.28. The van der Waals surface area contributed by atoms with Gasteiger partial charge in [-0.25, -0.2) is 9.78 Å². The maximum atomic E-state index is 12.7. The van der Waals surface area contributed by atoms with Gasteiger partial charge in [0.05, 0.1) is 32.0 Å². The zero-order chi connectivity index (χ0) is 21.8. The highest BCUT2D eigenvalue weighted by Gasteiger charge is 2.24. The summed E-state index contributed by atoms with van der Waals surface area (Å²) < 4.78 is 10.4. The Balaban J connectivity index is 1.48. The van der Waals surface area contributed by atoms with Crippen LogP contribution in [0.1, 0.15) is 22.6 Å². The minimum atomic E-state index is -0.265. The van der Waals surface area contributed by atoms with E-state index in [4.69, 9.17) is 9.47 Å². The van der Waals surface area contributed by atoms with Crippen molar-refractivity contribution in [2.75, 3.05) is 26.1 Å². The van der Waals surface area contributed by atoms with Crippen LogP contribution in [0.2, 0.25) is 0 Å². The highest BCUT2D eigenvalue weighted by Crippen LogP contribution is 2.20. The third-order valence-electron chi connectivity index (χ3n) is 5.23. The number of amides is 2. The first kappa shape index (κ1) is 20.5. The van der Waals surface area contributed by atoms with E-state index < -0.39 is 0 Å². The molecule has 0 radical (unpaired) electrons. The summed E-state index contributed by atoms with van der Waals surface area (Å²) in [4.78, 5) is 34.5. The number of hydrogen-bond acceptors (Lipinski definition) is 5. The van der Waals surface area contributed by atoms with Crippen LogP contribution in [0.3, 0.4) is 0 Å². The normalized spacial score (nSPS) is 12.8. The number of hydrogen-bond donors (Lipinski definition) is 2. The first-order valence-electron chi connectivity index (χ1n) is 9.99. The smallest absolute Gasteiger partial charge is 0.322 e. The number of methoxy groups -OCH3 is 2. The molecule has 0 aliphatic carbocycles. The van der Waals surface area contributed by atoms with Gasteiger partial charge in [0.1, 0.15) is 17.3 Å². The van der Waals surface area contributed by atoms with E-state index >= 15 is 0 Å². The molecular formula is C23H24N4O4. The van der Waals surface area contributed by atoms with Gasteiger partial charge in [-0.3, -0.25) is 4.79 Å². The summed E-state index contributed by atoms with van der Waals surface area (Å²) in [7, 11) is 3.19. The monoisotopic (exact) mass is 420 g/mol. The van der Waals surface area contributed by atoms with Gasteiger partial charge < -0.3 is 24.7 Å². The van der Waals surface area contributed by atoms with Crippen molar-refractivity contribution >= 4 is 11.7 Å². The van der Waals surface area contributed by atoms with Gasteiger partial charge in [-0.2, -0.15) is 0 Å². The van der Waals surface area contributed by atoms with Crippen LogP contribution in [0.4, 0.5) is 10.5 Å². The third kappa shape index (κ3) is 4.69. The van der Waals surface area contributed by atoms with Gasteiger partial charge in [-0.1, -0.05) is 18.2 Å². The lowest BCUT2D eigenvalue weighted by molar-refractivity contribution is 0.205. The molecule has 8 heteroatoms. The van der Waals surface area contributed by atoms with Crippen LogP contribution in [0.15, 0.2) is 53.3 Å². The molecule has 160 valence electrons. The predicted molar refractivity (Wildman–Crippen MR) is 117 cm³/mol. The second-order valence-corrected chi connectivity index (χ2v) is 7.30. The van der Waals surface area contributed by atoms with Crippen molar-refractivity contribution in [2.45, 2.75) is 19.4 Å². The average Bonchev–Trinajstić information content (AvgIpc) is 2.79. The molecule has 1 aliphatic heterocycles. The van der Waals surface area contributed by atoms with Crippen molar-refractivity contribution in [1.29, 1.82) is 0 Å². The quantitative estimate of drug-likeness (QED) is 0.662. The molecule has 0 saturated heterocycles. The van der Waals surface area contributed by atoms with E-state index in [2.05, 4.69) is 15.3 Å². The molecule has 0 spiro atoms. The Labute approximate surface area is 179 Å². The lowest BCUT2D eigenvalue weighted by atomic mass is 10.1. The Bertz CT molecular complexity index is 1160. The Hall–Kier alpha value is -3.81. The summed E-state index contributed by atoms with van der Waals surface area (Å²) in [5, 5.41) is 2.85. The maximum absolute atomic E-state index is 12.7. The molecule has 31 heavy (non-hydrogen) atoms. The Morgan fingerprint density at radius 2 is 1.87 bits per heavy atom. The summed E-state index contributed by atoms with van der Waals surface area (Å²) in [6.45, 7) is 0.699. The van der Waals surface area contributed by atoms with Crippen molar-refractivity contribution < 1.29 is 14.3 Å². The number of H-pyrrole nitrogens is 1. The fourth-order valence-corrected chi connectivity index (χ4v) is 3.61.